The molecular weight excluding hydrogens is 388 g/mol. The van der Waals surface area contributed by atoms with E-state index in [1.54, 1.807) is 44.2 Å². The molecule has 2 aromatic heterocycles. The smallest absolute Gasteiger partial charge is 0.290 e. The molecule has 11 heteroatoms. The molecule has 0 bridgehead atoms. The Morgan fingerprint density at radius 1 is 1.30 bits per heavy atom. The number of likely N-dealkylation sites (N-methyl/N-ethyl adjacent to an activating group) is 1. The van der Waals surface area contributed by atoms with E-state index in [0.29, 0.717) is 31.0 Å². The number of fused-ring (bicyclic) bond motifs is 1. The minimum absolute atomic E-state index is 0.0396. The minimum atomic E-state index is -0.492. The minimum Gasteiger partial charge on any atom is -0.383 e. The van der Waals surface area contributed by atoms with Gasteiger partial charge in [-0.25, -0.2) is 9.50 Å². The first-order valence-electron chi connectivity index (χ1n) is 9.58. The van der Waals surface area contributed by atoms with Crippen LogP contribution in [-0.2, 0) is 9.59 Å². The van der Waals surface area contributed by atoms with Gasteiger partial charge in [-0.1, -0.05) is 0 Å². The number of amides is 3. The van der Waals surface area contributed by atoms with Gasteiger partial charge in [0.15, 0.2) is 5.65 Å². The van der Waals surface area contributed by atoms with Gasteiger partial charge in [-0.2, -0.15) is 0 Å². The lowest BCUT2D eigenvalue weighted by Gasteiger charge is -2.31. The lowest BCUT2D eigenvalue weighted by atomic mass is 10.1. The number of hydrogen-bond donors (Lipinski definition) is 3. The number of nitrogens with one attached hydrogen (secondary N) is 3. The zero-order chi connectivity index (χ0) is 21.7. The average Bonchev–Trinajstić information content (AvgIpc) is 3.10. The summed E-state index contributed by atoms with van der Waals surface area (Å²) in [6.07, 6.45) is 3.91. The van der Waals surface area contributed by atoms with Gasteiger partial charge >= 0.3 is 0 Å². The highest BCUT2D eigenvalue weighted by Crippen LogP contribution is 2.15. The average molecular weight is 412 g/mol. The molecule has 1 aliphatic rings. The number of carbonyl (C=O) groups is 3. The van der Waals surface area contributed by atoms with E-state index in [1.165, 1.54) is 10.7 Å². The van der Waals surface area contributed by atoms with Crippen molar-refractivity contribution in [1.29, 1.82) is 0 Å². The van der Waals surface area contributed by atoms with Gasteiger partial charge in [-0.05, 0) is 19.4 Å². The fourth-order valence-electron chi connectivity index (χ4n) is 2.90. The van der Waals surface area contributed by atoms with Crippen molar-refractivity contribution < 1.29 is 14.4 Å². The Morgan fingerprint density at radius 2 is 2.07 bits per heavy atom. The highest BCUT2D eigenvalue weighted by atomic mass is 16.2. The third kappa shape index (κ3) is 4.29. The normalized spacial score (nSPS) is 14.3. The second-order valence-corrected chi connectivity index (χ2v) is 6.54. The van der Waals surface area contributed by atoms with Crippen LogP contribution in [0.15, 0.2) is 34.6 Å². The summed E-state index contributed by atoms with van der Waals surface area (Å²) in [6.45, 7) is 3.60. The van der Waals surface area contributed by atoms with Gasteiger partial charge in [0.25, 0.3) is 17.7 Å². The van der Waals surface area contributed by atoms with Crippen LogP contribution >= 0.6 is 0 Å². The molecule has 0 radical (unpaired) electrons. The second kappa shape index (κ2) is 9.16. The van der Waals surface area contributed by atoms with Crippen molar-refractivity contribution in [3.05, 3.63) is 35.4 Å². The van der Waals surface area contributed by atoms with E-state index < -0.39 is 5.91 Å². The molecule has 1 fully saturated rings. The molecule has 0 atom stereocenters. The number of pyridine rings is 1. The first-order valence-corrected chi connectivity index (χ1v) is 9.58. The predicted molar refractivity (Wildman–Crippen MR) is 111 cm³/mol. The van der Waals surface area contributed by atoms with Crippen LogP contribution in [0, 0.1) is 0 Å². The monoisotopic (exact) mass is 412 g/mol. The van der Waals surface area contributed by atoms with Crippen molar-refractivity contribution >= 4 is 35.3 Å². The quantitative estimate of drug-likeness (QED) is 0.427. The van der Waals surface area contributed by atoms with E-state index in [1.807, 2.05) is 0 Å². The highest BCUT2D eigenvalue weighted by Gasteiger charge is 2.27. The number of anilines is 1. The largest absolute Gasteiger partial charge is 0.383 e. The third-order valence-corrected chi connectivity index (χ3v) is 4.51. The van der Waals surface area contributed by atoms with Crippen molar-refractivity contribution in [2.75, 3.05) is 39.0 Å². The zero-order valence-electron chi connectivity index (χ0n) is 17.1. The number of aliphatic imine (C=N–C) groups is 1. The van der Waals surface area contributed by atoms with Crippen LogP contribution in [0.4, 0.5) is 5.69 Å². The Hall–Kier alpha value is -3.76. The van der Waals surface area contributed by atoms with Gasteiger partial charge in [0.1, 0.15) is 5.70 Å². The van der Waals surface area contributed by atoms with E-state index in [4.69, 9.17) is 0 Å². The number of likely N-dealkylation sites (tertiary alicyclic amines) is 1. The van der Waals surface area contributed by atoms with Crippen molar-refractivity contribution in [3.63, 3.8) is 0 Å². The fraction of sp³-hybridized carbons (Fsp3) is 0.368. The summed E-state index contributed by atoms with van der Waals surface area (Å²) in [5.41, 5.74) is 1.15. The lowest BCUT2D eigenvalue weighted by molar-refractivity contribution is -0.130. The molecule has 3 amide bonds. The summed E-state index contributed by atoms with van der Waals surface area (Å²) in [4.78, 5) is 47.2. The van der Waals surface area contributed by atoms with Crippen LogP contribution in [-0.4, -0.2) is 77.2 Å². The number of hydrogen-bond acceptors (Lipinski definition) is 7. The summed E-state index contributed by atoms with van der Waals surface area (Å²) in [5, 5.41) is 12.3. The van der Waals surface area contributed by atoms with E-state index in [2.05, 4.69) is 31.0 Å². The van der Waals surface area contributed by atoms with Crippen molar-refractivity contribution in [1.82, 2.24) is 30.1 Å². The van der Waals surface area contributed by atoms with Crippen LogP contribution in [0.3, 0.4) is 0 Å². The standard InChI is InChI=1S/C19H24N8O3/c1-4-22-18(29)16-24-14-10-12(6-9-27(14)25-16)23-17(28)15(21-3)13(11-20-2)19(30)26-7-5-8-26/h6,9-11,21H,4-5,7-8H2,1-3H3,(H,22,29)(H,23,28)/b15-13+,20-11-. The van der Waals surface area contributed by atoms with E-state index >= 15 is 0 Å². The topological polar surface area (TPSA) is 133 Å². The Labute approximate surface area is 173 Å². The maximum Gasteiger partial charge on any atom is 0.290 e. The Kier molecular flexibility index (Phi) is 6.40. The number of carbonyl (C=O) groups excluding carboxylic acids is 3. The molecule has 30 heavy (non-hydrogen) atoms. The first-order chi connectivity index (χ1) is 14.5. The molecule has 1 saturated heterocycles. The lowest BCUT2D eigenvalue weighted by Crippen LogP contribution is -2.44. The highest BCUT2D eigenvalue weighted by molar-refractivity contribution is 6.20. The summed E-state index contributed by atoms with van der Waals surface area (Å²) >= 11 is 0. The predicted octanol–water partition coefficient (Wildman–Crippen LogP) is -0.176. The molecule has 3 heterocycles. The maximum atomic E-state index is 12.9. The van der Waals surface area contributed by atoms with E-state index in [9.17, 15) is 14.4 Å². The number of aromatic nitrogens is 3. The van der Waals surface area contributed by atoms with Gasteiger partial charge in [-0.3, -0.25) is 19.4 Å². The summed E-state index contributed by atoms with van der Waals surface area (Å²) < 4.78 is 1.44. The summed E-state index contributed by atoms with van der Waals surface area (Å²) in [5.74, 6) is -1.07. The molecule has 2 aromatic rings. The molecule has 0 unspecified atom stereocenters. The van der Waals surface area contributed by atoms with Gasteiger partial charge in [0.05, 0.1) is 5.57 Å². The Bertz CT molecular complexity index is 1040. The third-order valence-electron chi connectivity index (χ3n) is 4.51. The van der Waals surface area contributed by atoms with Gasteiger partial charge in [0, 0.05) is 57.9 Å². The molecule has 11 nitrogen and oxygen atoms in total. The Balaban J connectivity index is 1.85. The van der Waals surface area contributed by atoms with Crippen molar-refractivity contribution in [2.24, 2.45) is 4.99 Å². The van der Waals surface area contributed by atoms with Crippen molar-refractivity contribution in [2.45, 2.75) is 13.3 Å². The van der Waals surface area contributed by atoms with Crippen LogP contribution in [0.2, 0.25) is 0 Å². The molecule has 0 aliphatic carbocycles. The molecule has 0 spiro atoms. The number of rotatable bonds is 7. The van der Waals surface area contributed by atoms with E-state index in [0.717, 1.165) is 6.42 Å². The molecule has 0 saturated carbocycles. The van der Waals surface area contributed by atoms with Crippen LogP contribution < -0.4 is 16.0 Å². The van der Waals surface area contributed by atoms with Gasteiger partial charge in [0.2, 0.25) is 5.82 Å². The van der Waals surface area contributed by atoms with E-state index in [-0.39, 0.29) is 28.9 Å². The van der Waals surface area contributed by atoms with Crippen molar-refractivity contribution in [3.8, 4) is 0 Å². The molecule has 1 aliphatic heterocycles. The maximum absolute atomic E-state index is 12.9. The second-order valence-electron chi connectivity index (χ2n) is 6.54. The summed E-state index contributed by atoms with van der Waals surface area (Å²) in [6, 6.07) is 3.21. The number of nitrogens with zero attached hydrogens (tertiary/aromatic N) is 5. The fourth-order valence-corrected chi connectivity index (χ4v) is 2.90. The zero-order valence-corrected chi connectivity index (χ0v) is 17.1. The molecule has 3 rings (SSSR count). The summed E-state index contributed by atoms with van der Waals surface area (Å²) in [7, 11) is 3.11. The molecule has 3 N–H and O–H groups in total. The van der Waals surface area contributed by atoms with Gasteiger partial charge in [-0.15, -0.1) is 5.10 Å². The van der Waals surface area contributed by atoms with Crippen LogP contribution in [0.1, 0.15) is 24.0 Å². The molecule has 0 aromatic carbocycles. The molecular formula is C19H24N8O3. The SMILES string of the molecule is CCNC(=O)c1nc2cc(NC(=O)/C(NC)=C(/C=N\C)C(=O)N3CCC3)ccn2n1. The molecule has 158 valence electrons. The Morgan fingerprint density at radius 3 is 2.67 bits per heavy atom. The van der Waals surface area contributed by atoms with Crippen LogP contribution in [0.25, 0.3) is 5.65 Å². The van der Waals surface area contributed by atoms with Crippen LogP contribution in [0.5, 0.6) is 0 Å². The van der Waals surface area contributed by atoms with Gasteiger partial charge < -0.3 is 20.9 Å². The first kappa shape index (κ1) is 21.0.